The summed E-state index contributed by atoms with van der Waals surface area (Å²) in [5.41, 5.74) is 2.17. The van der Waals surface area contributed by atoms with Gasteiger partial charge in [-0.05, 0) is 31.0 Å². The molecule has 0 radical (unpaired) electrons. The summed E-state index contributed by atoms with van der Waals surface area (Å²) in [6.45, 7) is 1.43. The molecule has 0 unspecified atom stereocenters. The van der Waals surface area contributed by atoms with Gasteiger partial charge in [0, 0.05) is 29.5 Å². The van der Waals surface area contributed by atoms with Crippen LogP contribution < -0.4 is 10.6 Å². The second-order valence-corrected chi connectivity index (χ2v) is 5.93. The molecule has 1 aliphatic rings. The number of hydrogen-bond acceptors (Lipinski definition) is 4. The van der Waals surface area contributed by atoms with Crippen molar-refractivity contribution in [1.29, 1.82) is 0 Å². The van der Waals surface area contributed by atoms with E-state index in [1.54, 1.807) is 24.3 Å². The van der Waals surface area contributed by atoms with Gasteiger partial charge in [0.2, 0.25) is 5.91 Å². The van der Waals surface area contributed by atoms with Gasteiger partial charge >= 0.3 is 0 Å². The van der Waals surface area contributed by atoms with Crippen LogP contribution in [-0.2, 0) is 4.79 Å². The zero-order chi connectivity index (χ0) is 14.8. The van der Waals surface area contributed by atoms with Gasteiger partial charge in [0.25, 0.3) is 5.91 Å². The smallest absolute Gasteiger partial charge is 0.257 e. The number of carbonyl (C=O) groups is 2. The van der Waals surface area contributed by atoms with Crippen LogP contribution in [-0.4, -0.2) is 16.8 Å². The van der Waals surface area contributed by atoms with E-state index < -0.39 is 0 Å². The van der Waals surface area contributed by atoms with E-state index in [2.05, 4.69) is 15.6 Å². The molecule has 21 heavy (non-hydrogen) atoms. The minimum atomic E-state index is -0.223. The number of thiazole rings is 1. The van der Waals surface area contributed by atoms with E-state index in [1.165, 1.54) is 31.1 Å². The van der Waals surface area contributed by atoms with Gasteiger partial charge in [-0.3, -0.25) is 14.9 Å². The van der Waals surface area contributed by atoms with Crippen LogP contribution in [0.3, 0.4) is 0 Å². The molecule has 0 aliphatic heterocycles. The Balaban J connectivity index is 1.70. The zero-order valence-electron chi connectivity index (χ0n) is 11.6. The standard InChI is InChI=1S/C15H15N3O2S/c1-9(19)16-12-4-2-3-11(7-12)14(20)18-15-17-13(8-21-15)10-5-6-10/h2-4,7-8,10H,5-6H2,1H3,(H,16,19)(H,17,18,20). The van der Waals surface area contributed by atoms with E-state index in [1.807, 2.05) is 5.38 Å². The lowest BCUT2D eigenvalue weighted by molar-refractivity contribution is -0.114. The van der Waals surface area contributed by atoms with Crippen LogP contribution in [0.1, 0.15) is 41.7 Å². The minimum Gasteiger partial charge on any atom is -0.326 e. The van der Waals surface area contributed by atoms with Crippen molar-refractivity contribution in [2.24, 2.45) is 0 Å². The fourth-order valence-electron chi connectivity index (χ4n) is 2.02. The first-order valence-corrected chi connectivity index (χ1v) is 7.64. The van der Waals surface area contributed by atoms with E-state index in [4.69, 9.17) is 0 Å². The van der Waals surface area contributed by atoms with Crippen LogP contribution in [0.5, 0.6) is 0 Å². The van der Waals surface area contributed by atoms with Crippen LogP contribution in [0.25, 0.3) is 0 Å². The van der Waals surface area contributed by atoms with E-state index >= 15 is 0 Å². The summed E-state index contributed by atoms with van der Waals surface area (Å²) in [6.07, 6.45) is 2.38. The average Bonchev–Trinajstić information content (AvgIpc) is 3.19. The van der Waals surface area contributed by atoms with Crippen molar-refractivity contribution < 1.29 is 9.59 Å². The van der Waals surface area contributed by atoms with Gasteiger partial charge in [-0.2, -0.15) is 0 Å². The van der Waals surface area contributed by atoms with Crippen molar-refractivity contribution in [3.8, 4) is 0 Å². The Kier molecular flexibility index (Phi) is 3.70. The summed E-state index contributed by atoms with van der Waals surface area (Å²) >= 11 is 1.44. The van der Waals surface area contributed by atoms with Gasteiger partial charge in [0.15, 0.2) is 5.13 Å². The van der Waals surface area contributed by atoms with Gasteiger partial charge in [-0.1, -0.05) is 6.07 Å². The molecule has 2 amide bonds. The van der Waals surface area contributed by atoms with Crippen molar-refractivity contribution in [2.45, 2.75) is 25.7 Å². The Bertz CT molecular complexity index is 692. The lowest BCUT2D eigenvalue weighted by Crippen LogP contribution is -2.13. The average molecular weight is 301 g/mol. The topological polar surface area (TPSA) is 71.1 Å². The van der Waals surface area contributed by atoms with Gasteiger partial charge in [0.1, 0.15) is 0 Å². The fraction of sp³-hybridized carbons (Fsp3) is 0.267. The third kappa shape index (κ3) is 3.46. The fourth-order valence-corrected chi connectivity index (χ4v) is 2.81. The lowest BCUT2D eigenvalue weighted by Gasteiger charge is -2.05. The summed E-state index contributed by atoms with van der Waals surface area (Å²) in [5, 5.41) is 8.08. The van der Waals surface area contributed by atoms with Crippen molar-refractivity contribution in [2.75, 3.05) is 10.6 Å². The lowest BCUT2D eigenvalue weighted by atomic mass is 10.2. The minimum absolute atomic E-state index is 0.165. The second kappa shape index (κ2) is 5.65. The SMILES string of the molecule is CC(=O)Nc1cccc(C(=O)Nc2nc(C3CC3)cs2)c1. The number of carbonyl (C=O) groups excluding carboxylic acids is 2. The number of amides is 2. The molecule has 2 aromatic rings. The number of aromatic nitrogens is 1. The molecular formula is C15H15N3O2S. The molecule has 5 nitrogen and oxygen atoms in total. The highest BCUT2D eigenvalue weighted by molar-refractivity contribution is 7.14. The van der Waals surface area contributed by atoms with E-state index in [9.17, 15) is 9.59 Å². The number of rotatable bonds is 4. The van der Waals surface area contributed by atoms with Gasteiger partial charge < -0.3 is 5.32 Å². The van der Waals surface area contributed by atoms with E-state index in [0.29, 0.717) is 22.3 Å². The highest BCUT2D eigenvalue weighted by atomic mass is 32.1. The van der Waals surface area contributed by atoms with Crippen molar-refractivity contribution in [1.82, 2.24) is 4.98 Å². The molecule has 1 aromatic heterocycles. The Morgan fingerprint density at radius 3 is 2.81 bits per heavy atom. The quantitative estimate of drug-likeness (QED) is 0.910. The highest BCUT2D eigenvalue weighted by Crippen LogP contribution is 2.40. The molecule has 6 heteroatoms. The van der Waals surface area contributed by atoms with Crippen LogP contribution in [0, 0.1) is 0 Å². The first kappa shape index (κ1) is 13.8. The molecule has 0 saturated heterocycles. The number of nitrogens with one attached hydrogen (secondary N) is 2. The van der Waals surface area contributed by atoms with Gasteiger partial charge in [0.05, 0.1) is 5.69 Å². The summed E-state index contributed by atoms with van der Waals surface area (Å²) in [6, 6.07) is 6.83. The van der Waals surface area contributed by atoms with Crippen LogP contribution >= 0.6 is 11.3 Å². The van der Waals surface area contributed by atoms with Crippen molar-refractivity contribution in [3.63, 3.8) is 0 Å². The molecule has 0 atom stereocenters. The Morgan fingerprint density at radius 1 is 1.29 bits per heavy atom. The summed E-state index contributed by atoms with van der Waals surface area (Å²) in [7, 11) is 0. The molecule has 2 N–H and O–H groups in total. The Hall–Kier alpha value is -2.21. The van der Waals surface area contributed by atoms with Crippen LogP contribution in [0.4, 0.5) is 10.8 Å². The van der Waals surface area contributed by atoms with Crippen LogP contribution in [0.15, 0.2) is 29.6 Å². The van der Waals surface area contributed by atoms with Gasteiger partial charge in [-0.25, -0.2) is 4.98 Å². The maximum Gasteiger partial charge on any atom is 0.257 e. The first-order chi connectivity index (χ1) is 10.1. The number of anilines is 2. The Labute approximate surface area is 126 Å². The predicted molar refractivity (Wildman–Crippen MR) is 82.8 cm³/mol. The molecule has 1 aliphatic carbocycles. The van der Waals surface area contributed by atoms with Gasteiger partial charge in [-0.15, -0.1) is 11.3 Å². The monoisotopic (exact) mass is 301 g/mol. The first-order valence-electron chi connectivity index (χ1n) is 6.76. The van der Waals surface area contributed by atoms with Crippen molar-refractivity contribution >= 4 is 34.0 Å². The Morgan fingerprint density at radius 2 is 2.10 bits per heavy atom. The maximum atomic E-state index is 12.2. The predicted octanol–water partition coefficient (Wildman–Crippen LogP) is 3.23. The molecule has 0 bridgehead atoms. The van der Waals surface area contributed by atoms with E-state index in [0.717, 1.165) is 5.69 Å². The molecular weight excluding hydrogens is 286 g/mol. The molecule has 108 valence electrons. The second-order valence-electron chi connectivity index (χ2n) is 5.07. The summed E-state index contributed by atoms with van der Waals surface area (Å²) in [5.74, 6) is 0.190. The zero-order valence-corrected chi connectivity index (χ0v) is 12.4. The number of benzene rings is 1. The summed E-state index contributed by atoms with van der Waals surface area (Å²) < 4.78 is 0. The molecule has 1 saturated carbocycles. The highest BCUT2D eigenvalue weighted by Gasteiger charge is 2.26. The molecule has 1 aromatic carbocycles. The molecule has 3 rings (SSSR count). The molecule has 1 heterocycles. The van der Waals surface area contributed by atoms with Crippen LogP contribution in [0.2, 0.25) is 0 Å². The van der Waals surface area contributed by atoms with E-state index in [-0.39, 0.29) is 11.8 Å². The molecule has 1 fully saturated rings. The number of hydrogen-bond donors (Lipinski definition) is 2. The summed E-state index contributed by atoms with van der Waals surface area (Å²) in [4.78, 5) is 27.7. The maximum absolute atomic E-state index is 12.2. The third-order valence-corrected chi connectivity index (χ3v) is 3.96. The number of nitrogens with zero attached hydrogens (tertiary/aromatic N) is 1. The normalized spacial score (nSPS) is 13.8. The molecule has 0 spiro atoms. The van der Waals surface area contributed by atoms with Crippen molar-refractivity contribution in [3.05, 3.63) is 40.9 Å². The largest absolute Gasteiger partial charge is 0.326 e. The third-order valence-electron chi connectivity index (χ3n) is 3.18.